The number of thiophene rings is 1. The summed E-state index contributed by atoms with van der Waals surface area (Å²) in [6.45, 7) is 4.78. The van der Waals surface area contributed by atoms with Crippen LogP contribution in [0.3, 0.4) is 0 Å². The number of hydrogen-bond donors (Lipinski definition) is 2. The zero-order chi connectivity index (χ0) is 15.1. The van der Waals surface area contributed by atoms with Gasteiger partial charge in [-0.1, -0.05) is 6.92 Å². The second kappa shape index (κ2) is 7.90. The minimum absolute atomic E-state index is 0.0504. The molecular formula is C14H20N4O2S. The lowest BCUT2D eigenvalue weighted by Crippen LogP contribution is -2.33. The van der Waals surface area contributed by atoms with Crippen LogP contribution in [-0.4, -0.2) is 35.1 Å². The van der Waals surface area contributed by atoms with Gasteiger partial charge in [-0.3, -0.25) is 14.2 Å². The molecule has 0 aromatic carbocycles. The molecule has 0 radical (unpaired) electrons. The van der Waals surface area contributed by atoms with Gasteiger partial charge in [-0.2, -0.15) is 0 Å². The highest BCUT2D eigenvalue weighted by Crippen LogP contribution is 2.13. The fraction of sp³-hybridized carbons (Fsp3) is 0.500. The van der Waals surface area contributed by atoms with E-state index in [0.29, 0.717) is 18.5 Å². The smallest absolute Gasteiger partial charge is 0.262 e. The Hall–Kier alpha value is -1.73. The Morgan fingerprint density at radius 3 is 3.05 bits per heavy atom. The summed E-state index contributed by atoms with van der Waals surface area (Å²) >= 11 is 1.44. The van der Waals surface area contributed by atoms with Gasteiger partial charge in [-0.25, -0.2) is 4.98 Å². The Balaban J connectivity index is 1.80. The average molecular weight is 308 g/mol. The molecular weight excluding hydrogens is 288 g/mol. The van der Waals surface area contributed by atoms with Crippen molar-refractivity contribution in [2.75, 3.05) is 19.6 Å². The summed E-state index contributed by atoms with van der Waals surface area (Å²) in [4.78, 5) is 28.8. The van der Waals surface area contributed by atoms with Crippen molar-refractivity contribution in [2.24, 2.45) is 0 Å². The number of nitrogens with zero attached hydrogens (tertiary/aromatic N) is 2. The summed E-state index contributed by atoms with van der Waals surface area (Å²) in [5.74, 6) is -0.0504. The number of amides is 1. The summed E-state index contributed by atoms with van der Waals surface area (Å²) in [5.41, 5.74) is -0.0846. The van der Waals surface area contributed by atoms with Crippen LogP contribution in [0.25, 0.3) is 10.2 Å². The molecule has 7 heteroatoms. The molecule has 0 unspecified atom stereocenters. The van der Waals surface area contributed by atoms with Crippen LogP contribution in [0.2, 0.25) is 0 Å². The van der Waals surface area contributed by atoms with Gasteiger partial charge in [0.2, 0.25) is 5.91 Å². The van der Waals surface area contributed by atoms with Crippen LogP contribution in [0.1, 0.15) is 19.8 Å². The Kier molecular flexibility index (Phi) is 5.89. The van der Waals surface area contributed by atoms with E-state index in [9.17, 15) is 9.59 Å². The van der Waals surface area contributed by atoms with E-state index in [1.165, 1.54) is 22.2 Å². The molecule has 21 heavy (non-hydrogen) atoms. The molecule has 0 aliphatic rings. The monoisotopic (exact) mass is 308 g/mol. The number of aryl methyl sites for hydroxylation is 1. The highest BCUT2D eigenvalue weighted by atomic mass is 32.1. The lowest BCUT2D eigenvalue weighted by molar-refractivity contribution is -0.121. The van der Waals surface area contributed by atoms with Gasteiger partial charge in [-0.05, 0) is 24.4 Å². The second-order valence-corrected chi connectivity index (χ2v) is 5.63. The minimum atomic E-state index is -0.0846. The summed E-state index contributed by atoms with van der Waals surface area (Å²) in [6, 6.07) is 1.77. The molecule has 1 amide bonds. The SMILES string of the molecule is CCCNCCNC(=O)CCn1cnc2sccc2c1=O. The molecule has 0 bridgehead atoms. The quantitative estimate of drug-likeness (QED) is 0.712. The number of fused-ring (bicyclic) bond motifs is 1. The van der Waals surface area contributed by atoms with Crippen molar-refractivity contribution < 1.29 is 4.79 Å². The Bertz CT molecular complexity index is 650. The van der Waals surface area contributed by atoms with Gasteiger partial charge in [-0.15, -0.1) is 11.3 Å². The van der Waals surface area contributed by atoms with Gasteiger partial charge in [0.15, 0.2) is 0 Å². The molecule has 0 spiro atoms. The summed E-state index contributed by atoms with van der Waals surface area (Å²) in [5, 5.41) is 8.50. The van der Waals surface area contributed by atoms with E-state index in [2.05, 4.69) is 22.5 Å². The van der Waals surface area contributed by atoms with Gasteiger partial charge >= 0.3 is 0 Å². The van der Waals surface area contributed by atoms with E-state index in [1.54, 1.807) is 6.07 Å². The van der Waals surface area contributed by atoms with E-state index in [4.69, 9.17) is 0 Å². The van der Waals surface area contributed by atoms with Crippen molar-refractivity contribution in [2.45, 2.75) is 26.3 Å². The number of nitrogens with one attached hydrogen (secondary N) is 2. The van der Waals surface area contributed by atoms with E-state index >= 15 is 0 Å². The Morgan fingerprint density at radius 2 is 2.24 bits per heavy atom. The molecule has 2 N–H and O–H groups in total. The van der Waals surface area contributed by atoms with Gasteiger partial charge in [0.1, 0.15) is 4.83 Å². The van der Waals surface area contributed by atoms with Crippen LogP contribution in [0.4, 0.5) is 0 Å². The van der Waals surface area contributed by atoms with Crippen LogP contribution >= 0.6 is 11.3 Å². The molecule has 6 nitrogen and oxygen atoms in total. The molecule has 2 aromatic heterocycles. The number of carbonyl (C=O) groups is 1. The maximum atomic E-state index is 12.1. The van der Waals surface area contributed by atoms with Crippen molar-refractivity contribution >= 4 is 27.5 Å². The summed E-state index contributed by atoms with van der Waals surface area (Å²) in [7, 11) is 0. The number of aromatic nitrogens is 2. The average Bonchev–Trinajstić information content (AvgIpc) is 2.96. The second-order valence-electron chi connectivity index (χ2n) is 4.73. The standard InChI is InChI=1S/C14H20N4O2S/c1-2-5-15-6-7-16-12(19)3-8-18-10-17-13-11(14(18)20)4-9-21-13/h4,9-10,15H,2-3,5-8H2,1H3,(H,16,19). The van der Waals surface area contributed by atoms with Gasteiger partial charge in [0, 0.05) is 26.1 Å². The van der Waals surface area contributed by atoms with Gasteiger partial charge in [0.25, 0.3) is 5.56 Å². The van der Waals surface area contributed by atoms with Crippen molar-refractivity contribution in [1.82, 2.24) is 20.2 Å². The maximum absolute atomic E-state index is 12.1. The Labute approximate surface area is 127 Å². The molecule has 2 rings (SSSR count). The largest absolute Gasteiger partial charge is 0.355 e. The lowest BCUT2D eigenvalue weighted by atomic mass is 10.3. The normalized spacial score (nSPS) is 10.9. The van der Waals surface area contributed by atoms with E-state index in [-0.39, 0.29) is 17.9 Å². The first-order valence-electron chi connectivity index (χ1n) is 7.12. The number of hydrogen-bond acceptors (Lipinski definition) is 5. The molecule has 0 saturated heterocycles. The Morgan fingerprint density at radius 1 is 1.38 bits per heavy atom. The first-order valence-corrected chi connectivity index (χ1v) is 8.00. The van der Waals surface area contributed by atoms with Crippen LogP contribution < -0.4 is 16.2 Å². The van der Waals surface area contributed by atoms with E-state index < -0.39 is 0 Å². The van der Waals surface area contributed by atoms with Crippen LogP contribution in [0.15, 0.2) is 22.6 Å². The predicted octanol–water partition coefficient (Wildman–Crippen LogP) is 0.964. The van der Waals surface area contributed by atoms with Crippen LogP contribution in [-0.2, 0) is 11.3 Å². The molecule has 0 aliphatic heterocycles. The highest BCUT2D eigenvalue weighted by Gasteiger charge is 2.06. The zero-order valence-electron chi connectivity index (χ0n) is 12.1. The topological polar surface area (TPSA) is 76.0 Å². The number of rotatable bonds is 8. The maximum Gasteiger partial charge on any atom is 0.262 e. The molecule has 0 saturated carbocycles. The fourth-order valence-corrected chi connectivity index (χ4v) is 2.68. The molecule has 114 valence electrons. The minimum Gasteiger partial charge on any atom is -0.355 e. The fourth-order valence-electron chi connectivity index (χ4n) is 1.96. The molecule has 0 aliphatic carbocycles. The predicted molar refractivity (Wildman–Crippen MR) is 84.7 cm³/mol. The summed E-state index contributed by atoms with van der Waals surface area (Å²) < 4.78 is 1.49. The van der Waals surface area contributed by atoms with Crippen LogP contribution in [0.5, 0.6) is 0 Å². The molecule has 0 atom stereocenters. The van der Waals surface area contributed by atoms with Crippen molar-refractivity contribution in [3.05, 3.63) is 28.1 Å². The molecule has 0 fully saturated rings. The molecule has 2 aromatic rings. The third kappa shape index (κ3) is 4.37. The van der Waals surface area contributed by atoms with Crippen LogP contribution in [0, 0.1) is 0 Å². The molecule has 2 heterocycles. The first kappa shape index (κ1) is 15.7. The third-order valence-electron chi connectivity index (χ3n) is 3.08. The number of carbonyl (C=O) groups excluding carboxylic acids is 1. The third-order valence-corrected chi connectivity index (χ3v) is 3.90. The highest BCUT2D eigenvalue weighted by molar-refractivity contribution is 7.16. The van der Waals surface area contributed by atoms with Gasteiger partial charge < -0.3 is 10.6 Å². The van der Waals surface area contributed by atoms with E-state index in [1.807, 2.05) is 5.38 Å². The lowest BCUT2D eigenvalue weighted by Gasteiger charge is -2.07. The van der Waals surface area contributed by atoms with Crippen molar-refractivity contribution in [3.8, 4) is 0 Å². The summed E-state index contributed by atoms with van der Waals surface area (Å²) in [6.07, 6.45) is 2.87. The van der Waals surface area contributed by atoms with E-state index in [0.717, 1.165) is 24.3 Å². The zero-order valence-corrected chi connectivity index (χ0v) is 12.9. The van der Waals surface area contributed by atoms with Crippen molar-refractivity contribution in [1.29, 1.82) is 0 Å². The first-order chi connectivity index (χ1) is 10.2. The van der Waals surface area contributed by atoms with Gasteiger partial charge in [0.05, 0.1) is 11.7 Å². The van der Waals surface area contributed by atoms with Crippen molar-refractivity contribution in [3.63, 3.8) is 0 Å².